The summed E-state index contributed by atoms with van der Waals surface area (Å²) in [6, 6.07) is 15.8. The molecule has 1 saturated carbocycles. The highest BCUT2D eigenvalue weighted by Gasteiger charge is 2.39. The predicted molar refractivity (Wildman–Crippen MR) is 210 cm³/mol. The average Bonchev–Trinajstić information content (AvgIpc) is 4.07. The molecule has 3 atom stereocenters. The van der Waals surface area contributed by atoms with Gasteiger partial charge in [-0.05, 0) is 79.5 Å². The van der Waals surface area contributed by atoms with Crippen molar-refractivity contribution in [1.82, 2.24) is 40.4 Å². The lowest BCUT2D eigenvalue weighted by Gasteiger charge is -2.32. The molecule has 4 N–H and O–H groups in total. The fraction of sp³-hybridized carbons (Fsp3) is 0.476. The third-order valence-corrected chi connectivity index (χ3v) is 11.6. The maximum atomic E-state index is 13.6. The van der Waals surface area contributed by atoms with E-state index in [9.17, 15) is 19.2 Å². The monoisotopic (exact) mass is 764 g/mol. The van der Waals surface area contributed by atoms with Crippen LogP contribution in [0.1, 0.15) is 88.9 Å². The molecule has 4 amide bonds. The van der Waals surface area contributed by atoms with Crippen LogP contribution >= 0.6 is 0 Å². The summed E-state index contributed by atoms with van der Waals surface area (Å²) in [5.74, 6) is 1.45. The van der Waals surface area contributed by atoms with E-state index in [4.69, 9.17) is 14.5 Å². The second-order valence-electron chi connectivity index (χ2n) is 15.4. The Hall–Kier alpha value is -5.66. The van der Waals surface area contributed by atoms with Gasteiger partial charge in [0, 0.05) is 25.0 Å². The van der Waals surface area contributed by atoms with Crippen LogP contribution in [0.2, 0.25) is 0 Å². The highest BCUT2D eigenvalue weighted by molar-refractivity contribution is 5.86. The number of imidazole rings is 2. The molecule has 4 aromatic rings. The summed E-state index contributed by atoms with van der Waals surface area (Å²) in [5.41, 5.74) is 5.93. The van der Waals surface area contributed by atoms with Crippen molar-refractivity contribution in [3.63, 3.8) is 0 Å². The van der Waals surface area contributed by atoms with E-state index in [2.05, 4.69) is 74.1 Å². The van der Waals surface area contributed by atoms with E-state index in [1.807, 2.05) is 36.0 Å². The molecule has 2 saturated heterocycles. The Morgan fingerprint density at radius 2 is 1.16 bits per heavy atom. The van der Waals surface area contributed by atoms with Gasteiger partial charge in [0.05, 0.1) is 50.1 Å². The lowest BCUT2D eigenvalue weighted by atomic mass is 9.85. The molecule has 56 heavy (non-hydrogen) atoms. The third-order valence-electron chi connectivity index (χ3n) is 11.6. The van der Waals surface area contributed by atoms with Crippen molar-refractivity contribution in [2.24, 2.45) is 11.8 Å². The van der Waals surface area contributed by atoms with E-state index in [0.29, 0.717) is 6.54 Å². The molecule has 3 aliphatic rings. The number of aromatic amines is 2. The minimum atomic E-state index is -0.683. The number of benzene rings is 2. The summed E-state index contributed by atoms with van der Waals surface area (Å²) in [5, 5.41) is 5.57. The number of alkyl carbamates (subject to hydrolysis) is 2. The number of aromatic nitrogens is 4. The highest BCUT2D eigenvalue weighted by Crippen LogP contribution is 2.37. The first-order valence-corrected chi connectivity index (χ1v) is 19.7. The van der Waals surface area contributed by atoms with Crippen LogP contribution in [0.25, 0.3) is 33.6 Å². The summed E-state index contributed by atoms with van der Waals surface area (Å²) in [7, 11) is 2.66. The Morgan fingerprint density at radius 1 is 0.679 bits per heavy atom. The number of likely N-dealkylation sites (tertiary alicyclic amines) is 2. The van der Waals surface area contributed by atoms with Crippen LogP contribution in [-0.4, -0.2) is 93.1 Å². The van der Waals surface area contributed by atoms with Gasteiger partial charge in [0.25, 0.3) is 0 Å². The molecule has 1 aliphatic carbocycles. The predicted octanol–water partition coefficient (Wildman–Crippen LogP) is 6.76. The molecule has 0 radical (unpaired) electrons. The number of ether oxygens (including phenoxy) is 2. The van der Waals surface area contributed by atoms with Crippen molar-refractivity contribution >= 4 is 24.0 Å². The van der Waals surface area contributed by atoms with Gasteiger partial charge in [-0.15, -0.1) is 0 Å². The number of nitrogens with one attached hydrogen (secondary N) is 4. The zero-order valence-electron chi connectivity index (χ0n) is 32.5. The molecule has 2 aromatic carbocycles. The molecule has 2 aliphatic heterocycles. The molecule has 0 bridgehead atoms. The van der Waals surface area contributed by atoms with Gasteiger partial charge in [-0.25, -0.2) is 19.6 Å². The Bertz CT molecular complexity index is 2000. The molecule has 296 valence electrons. The van der Waals surface area contributed by atoms with E-state index in [1.54, 1.807) is 0 Å². The van der Waals surface area contributed by atoms with E-state index >= 15 is 0 Å². The van der Waals surface area contributed by atoms with Gasteiger partial charge in [-0.3, -0.25) is 9.59 Å². The number of hydrogen-bond donors (Lipinski definition) is 4. The molecular formula is C42H52N8O6. The Balaban J connectivity index is 0.966. The quantitative estimate of drug-likeness (QED) is 0.137. The van der Waals surface area contributed by atoms with Crippen molar-refractivity contribution in [1.29, 1.82) is 0 Å². The second kappa shape index (κ2) is 17.0. The minimum absolute atomic E-state index is 0.0405. The van der Waals surface area contributed by atoms with Crippen molar-refractivity contribution in [3.05, 3.63) is 72.6 Å². The first kappa shape index (κ1) is 38.6. The number of nitrogens with zero attached hydrogens (tertiary/aromatic N) is 4. The number of carbonyl (C=O) groups is 4. The zero-order chi connectivity index (χ0) is 39.3. The van der Waals surface area contributed by atoms with E-state index < -0.39 is 18.2 Å². The number of methoxy groups -OCH3 is 2. The molecule has 3 fully saturated rings. The summed E-state index contributed by atoms with van der Waals surface area (Å²) >= 11 is 0. The number of rotatable bonds is 10. The fourth-order valence-corrected chi connectivity index (χ4v) is 8.44. The first-order chi connectivity index (χ1) is 27.1. The lowest BCUT2D eigenvalue weighted by molar-refractivity contribution is -0.138. The van der Waals surface area contributed by atoms with Crippen molar-refractivity contribution in [2.45, 2.75) is 89.4 Å². The fourth-order valence-electron chi connectivity index (χ4n) is 8.44. The van der Waals surface area contributed by atoms with Gasteiger partial charge in [0.1, 0.15) is 17.7 Å². The topological polar surface area (TPSA) is 175 Å². The van der Waals surface area contributed by atoms with Crippen LogP contribution in [0.5, 0.6) is 0 Å². The van der Waals surface area contributed by atoms with Crippen molar-refractivity contribution in [2.75, 3.05) is 27.3 Å². The van der Waals surface area contributed by atoms with Crippen LogP contribution in [0.15, 0.2) is 60.9 Å². The SMILES string of the molecule is COC(=O)N[C@H](C(=O)N1CCC[C@H]1c1ncc(-c2ccc(-c3ccc(-c4cnc([C@@H]5CCCN5C(=O)[C@H]5CC[C@H](NC(=O)OC)CC5)[nH]4)cc3)cc2)[nH]1)C(C)C. The minimum Gasteiger partial charge on any atom is -0.453 e. The molecule has 4 heterocycles. The van der Waals surface area contributed by atoms with Crippen LogP contribution in [0.4, 0.5) is 9.59 Å². The maximum Gasteiger partial charge on any atom is 0.407 e. The van der Waals surface area contributed by atoms with Crippen LogP contribution < -0.4 is 10.6 Å². The van der Waals surface area contributed by atoms with Crippen molar-refractivity contribution < 1.29 is 28.7 Å². The standard InChI is InChI=1S/C42H52N8O6/c1-25(2)36(48-42(54)56-4)40(52)50-22-6-8-35(50)38-44-24-33(47-38)29-15-11-27(12-16-29)26-9-13-28(14-10-26)32-23-43-37(46-32)34-7-5-21-49(34)39(51)30-17-19-31(20-18-30)45-41(53)55-3/h9-16,23-25,30-31,34-36H,5-8,17-22H2,1-4H3,(H,43,46)(H,44,47)(H,45,53)(H,48,54)/t30-,31-,34-,35-,36-/m0/s1. The maximum absolute atomic E-state index is 13.6. The molecule has 0 unspecified atom stereocenters. The Labute approximate surface area is 327 Å². The van der Waals surface area contributed by atoms with Gasteiger partial charge in [-0.2, -0.15) is 0 Å². The average molecular weight is 765 g/mol. The largest absolute Gasteiger partial charge is 0.453 e. The number of H-pyrrole nitrogens is 2. The third kappa shape index (κ3) is 8.29. The van der Waals surface area contributed by atoms with Crippen LogP contribution in [-0.2, 0) is 19.1 Å². The normalized spacial score (nSPS) is 21.5. The summed E-state index contributed by atoms with van der Waals surface area (Å²) in [4.78, 5) is 70.9. The van der Waals surface area contributed by atoms with Gasteiger partial charge in [-0.1, -0.05) is 62.4 Å². The van der Waals surface area contributed by atoms with E-state index in [0.717, 1.165) is 103 Å². The smallest absolute Gasteiger partial charge is 0.407 e. The van der Waals surface area contributed by atoms with Crippen LogP contribution in [0.3, 0.4) is 0 Å². The zero-order valence-corrected chi connectivity index (χ0v) is 32.5. The Morgan fingerprint density at radius 3 is 1.66 bits per heavy atom. The lowest BCUT2D eigenvalue weighted by Crippen LogP contribution is -2.51. The van der Waals surface area contributed by atoms with Gasteiger partial charge in [0.15, 0.2) is 0 Å². The van der Waals surface area contributed by atoms with Crippen molar-refractivity contribution in [3.8, 4) is 33.6 Å². The van der Waals surface area contributed by atoms with Gasteiger partial charge in [0.2, 0.25) is 11.8 Å². The number of hydrogen-bond acceptors (Lipinski definition) is 8. The van der Waals surface area contributed by atoms with Gasteiger partial charge < -0.3 is 39.9 Å². The van der Waals surface area contributed by atoms with Crippen LogP contribution in [0, 0.1) is 11.8 Å². The Kier molecular flexibility index (Phi) is 11.7. The molecule has 7 rings (SSSR count). The van der Waals surface area contributed by atoms with Gasteiger partial charge >= 0.3 is 12.2 Å². The second-order valence-corrected chi connectivity index (χ2v) is 15.4. The number of amides is 4. The van der Waals surface area contributed by atoms with E-state index in [-0.39, 0.29) is 41.8 Å². The first-order valence-electron chi connectivity index (χ1n) is 19.7. The molecule has 14 nitrogen and oxygen atoms in total. The molecule has 2 aromatic heterocycles. The summed E-state index contributed by atoms with van der Waals surface area (Å²) in [6.07, 6.45) is 9.12. The number of carbonyl (C=O) groups excluding carboxylic acids is 4. The molecule has 14 heteroatoms. The molecular weight excluding hydrogens is 713 g/mol. The molecule has 0 spiro atoms. The van der Waals surface area contributed by atoms with E-state index in [1.165, 1.54) is 14.2 Å². The summed E-state index contributed by atoms with van der Waals surface area (Å²) in [6.45, 7) is 5.13. The summed E-state index contributed by atoms with van der Waals surface area (Å²) < 4.78 is 9.49. The highest BCUT2D eigenvalue weighted by atomic mass is 16.5.